The molecule has 4 fully saturated rings. The van der Waals surface area contributed by atoms with Crippen LogP contribution in [0.1, 0.15) is 26.2 Å². The van der Waals surface area contributed by atoms with Gasteiger partial charge in [-0.15, -0.1) is 0 Å². The smallest absolute Gasteiger partial charge is 0.333 e. The minimum atomic E-state index is -0.907. The molecule has 8 unspecified atom stereocenters. The Kier molecular flexibility index (Phi) is 2.99. The van der Waals surface area contributed by atoms with E-state index in [0.29, 0.717) is 24.0 Å². The largest absolute Gasteiger partial charge is 0.421 e. The molecule has 0 spiro atoms. The van der Waals surface area contributed by atoms with Gasteiger partial charge in [-0.05, 0) is 42.9 Å². The van der Waals surface area contributed by atoms with Gasteiger partial charge in [-0.3, -0.25) is 0 Å². The number of esters is 1. The lowest BCUT2D eigenvalue weighted by atomic mass is 9.79. The summed E-state index contributed by atoms with van der Waals surface area (Å²) in [4.78, 5) is 11.4. The fourth-order valence-electron chi connectivity index (χ4n) is 4.90. The number of halogens is 1. The molecule has 1 saturated heterocycles. The molecule has 3 saturated carbocycles. The highest BCUT2D eigenvalue weighted by atomic mass is 127. The van der Waals surface area contributed by atoms with E-state index in [4.69, 9.17) is 14.2 Å². The summed E-state index contributed by atoms with van der Waals surface area (Å²) in [7, 11) is 0. The average molecular weight is 390 g/mol. The van der Waals surface area contributed by atoms with Crippen molar-refractivity contribution in [2.75, 3.05) is 0 Å². The third kappa shape index (κ3) is 2.04. The molecule has 1 heterocycles. The number of alkyl halides is 1. The monoisotopic (exact) mass is 390 g/mol. The number of hydrogen-bond donors (Lipinski definition) is 0. The molecule has 110 valence electrons. The summed E-state index contributed by atoms with van der Waals surface area (Å²) in [5.74, 6) is 2.48. The third-order valence-corrected chi connectivity index (χ3v) is 5.97. The summed E-state index contributed by atoms with van der Waals surface area (Å²) in [6, 6.07) is 0. The van der Waals surface area contributed by atoms with E-state index < -0.39 is 9.76 Å². The molecule has 5 heteroatoms. The zero-order chi connectivity index (χ0) is 14.1. The van der Waals surface area contributed by atoms with Crippen molar-refractivity contribution in [2.24, 2.45) is 23.7 Å². The topological polar surface area (TPSA) is 48.1 Å². The molecule has 0 N–H and O–H groups in total. The zero-order valence-corrected chi connectivity index (χ0v) is 13.6. The van der Waals surface area contributed by atoms with Crippen LogP contribution >= 0.6 is 22.6 Å². The number of epoxide rings is 1. The first kappa shape index (κ1) is 13.5. The summed E-state index contributed by atoms with van der Waals surface area (Å²) >= 11 is 2.06. The van der Waals surface area contributed by atoms with Gasteiger partial charge in [0.2, 0.25) is 0 Å². The van der Waals surface area contributed by atoms with Crippen LogP contribution in [0.2, 0.25) is 0 Å². The second-order valence-corrected chi connectivity index (χ2v) is 8.59. The van der Waals surface area contributed by atoms with Crippen molar-refractivity contribution in [2.45, 2.75) is 48.3 Å². The van der Waals surface area contributed by atoms with E-state index in [9.17, 15) is 4.79 Å². The maximum absolute atomic E-state index is 11.4. The van der Waals surface area contributed by atoms with Gasteiger partial charge in [0.15, 0.2) is 0 Å². The molecule has 3 aliphatic carbocycles. The molecule has 4 rings (SSSR count). The SMILES string of the molecule is C=CC(=O)OC(C)(I)OC1CC2CC1C1C2CC2OC21. The maximum atomic E-state index is 11.4. The second kappa shape index (κ2) is 4.43. The van der Waals surface area contributed by atoms with E-state index in [2.05, 4.69) is 29.2 Å². The first-order chi connectivity index (χ1) is 9.48. The molecule has 1 aliphatic heterocycles. The third-order valence-electron chi connectivity index (χ3n) is 5.50. The van der Waals surface area contributed by atoms with E-state index >= 15 is 0 Å². The molecular weight excluding hydrogens is 371 g/mol. The molecule has 4 nitrogen and oxygen atoms in total. The lowest BCUT2D eigenvalue weighted by molar-refractivity contribution is -0.195. The zero-order valence-electron chi connectivity index (χ0n) is 11.5. The Morgan fingerprint density at radius 3 is 2.95 bits per heavy atom. The van der Waals surface area contributed by atoms with Gasteiger partial charge in [-0.1, -0.05) is 6.58 Å². The first-order valence-corrected chi connectivity index (χ1v) is 8.44. The molecule has 0 aromatic heterocycles. The van der Waals surface area contributed by atoms with Crippen LogP contribution in [0.4, 0.5) is 0 Å². The van der Waals surface area contributed by atoms with Gasteiger partial charge in [0.05, 0.1) is 18.3 Å². The Morgan fingerprint density at radius 1 is 1.40 bits per heavy atom. The van der Waals surface area contributed by atoms with Gasteiger partial charge in [-0.25, -0.2) is 4.79 Å². The Balaban J connectivity index is 1.43. The van der Waals surface area contributed by atoms with Crippen LogP contribution in [0.25, 0.3) is 0 Å². The highest BCUT2D eigenvalue weighted by Gasteiger charge is 2.67. The molecule has 0 radical (unpaired) electrons. The van der Waals surface area contributed by atoms with Crippen LogP contribution in [0.5, 0.6) is 0 Å². The number of fused-ring (bicyclic) bond motifs is 7. The minimum absolute atomic E-state index is 0.198. The van der Waals surface area contributed by atoms with Gasteiger partial charge in [0.25, 0.3) is 3.79 Å². The van der Waals surface area contributed by atoms with E-state index in [1.165, 1.54) is 18.9 Å². The van der Waals surface area contributed by atoms with Crippen molar-refractivity contribution in [1.82, 2.24) is 0 Å². The number of ether oxygens (including phenoxy) is 3. The van der Waals surface area contributed by atoms with Crippen LogP contribution in [-0.4, -0.2) is 28.1 Å². The molecule has 2 bridgehead atoms. The van der Waals surface area contributed by atoms with Crippen molar-refractivity contribution in [1.29, 1.82) is 0 Å². The standard InChI is InChI=1S/C15H19IO4/c1-3-12(17)20-15(2,16)19-10-5-7-4-9(10)13-8(7)6-11-14(13)18-11/h3,7-11,13-14H,1,4-6H2,2H3. The summed E-state index contributed by atoms with van der Waals surface area (Å²) in [5, 5.41) is 0. The lowest BCUT2D eigenvalue weighted by Gasteiger charge is -2.36. The van der Waals surface area contributed by atoms with Gasteiger partial charge in [-0.2, -0.15) is 0 Å². The van der Waals surface area contributed by atoms with E-state index in [1.54, 1.807) is 6.92 Å². The minimum Gasteiger partial charge on any atom is -0.421 e. The average Bonchev–Trinajstić information content (AvgIpc) is 2.73. The summed E-state index contributed by atoms with van der Waals surface area (Å²) in [6.45, 7) is 5.22. The highest BCUT2D eigenvalue weighted by molar-refractivity contribution is 14.1. The van der Waals surface area contributed by atoms with Crippen molar-refractivity contribution in [3.63, 3.8) is 0 Å². The highest BCUT2D eigenvalue weighted by Crippen LogP contribution is 2.65. The summed E-state index contributed by atoms with van der Waals surface area (Å²) < 4.78 is 16.2. The van der Waals surface area contributed by atoms with Crippen molar-refractivity contribution in [3.05, 3.63) is 12.7 Å². The normalized spacial score (nSPS) is 50.2. The van der Waals surface area contributed by atoms with Crippen LogP contribution in [0.15, 0.2) is 12.7 Å². The number of carbonyl (C=O) groups excluding carboxylic acids is 1. The van der Waals surface area contributed by atoms with Crippen LogP contribution < -0.4 is 0 Å². The maximum Gasteiger partial charge on any atom is 0.333 e. The summed E-state index contributed by atoms with van der Waals surface area (Å²) in [5.41, 5.74) is 0. The molecule has 8 atom stereocenters. The van der Waals surface area contributed by atoms with Gasteiger partial charge >= 0.3 is 5.97 Å². The Morgan fingerprint density at radius 2 is 2.20 bits per heavy atom. The Labute approximate surface area is 132 Å². The van der Waals surface area contributed by atoms with E-state index in [0.717, 1.165) is 18.3 Å². The molecule has 0 amide bonds. The van der Waals surface area contributed by atoms with Gasteiger partial charge < -0.3 is 14.2 Å². The quantitative estimate of drug-likeness (QED) is 0.185. The second-order valence-electron chi connectivity index (χ2n) is 6.63. The fraction of sp³-hybridized carbons (Fsp3) is 0.800. The van der Waals surface area contributed by atoms with Crippen LogP contribution in [0.3, 0.4) is 0 Å². The molecule has 0 aromatic carbocycles. The molecule has 0 aromatic rings. The molecule has 4 aliphatic rings. The van der Waals surface area contributed by atoms with Crippen molar-refractivity contribution in [3.8, 4) is 0 Å². The predicted molar refractivity (Wildman–Crippen MR) is 80.1 cm³/mol. The Hall–Kier alpha value is -0.140. The first-order valence-electron chi connectivity index (χ1n) is 7.36. The number of hydrogen-bond acceptors (Lipinski definition) is 4. The molecule has 20 heavy (non-hydrogen) atoms. The van der Waals surface area contributed by atoms with Crippen molar-refractivity contribution >= 4 is 28.6 Å². The number of carbonyl (C=O) groups is 1. The van der Waals surface area contributed by atoms with E-state index in [1.807, 2.05) is 0 Å². The van der Waals surface area contributed by atoms with E-state index in [-0.39, 0.29) is 6.10 Å². The van der Waals surface area contributed by atoms with Gasteiger partial charge in [0, 0.05) is 35.6 Å². The van der Waals surface area contributed by atoms with Crippen molar-refractivity contribution < 1.29 is 19.0 Å². The number of rotatable bonds is 4. The van der Waals surface area contributed by atoms with Crippen LogP contribution in [0, 0.1) is 23.7 Å². The molecular formula is C15H19IO4. The predicted octanol–water partition coefficient (Wildman–Crippen LogP) is 2.65. The lowest BCUT2D eigenvalue weighted by Crippen LogP contribution is -2.39. The van der Waals surface area contributed by atoms with Crippen LogP contribution in [-0.2, 0) is 19.0 Å². The Bertz CT molecular complexity index is 463. The fourth-order valence-corrected chi connectivity index (χ4v) is 5.44. The summed E-state index contributed by atoms with van der Waals surface area (Å²) in [6.07, 6.45) is 6.04. The van der Waals surface area contributed by atoms with Gasteiger partial charge in [0.1, 0.15) is 0 Å².